The van der Waals surface area contributed by atoms with E-state index in [1.165, 1.54) is 17.7 Å². The van der Waals surface area contributed by atoms with Crippen LogP contribution in [0.5, 0.6) is 0 Å². The average Bonchev–Trinajstić information content (AvgIpc) is 3.19. The topological polar surface area (TPSA) is 50.3 Å². The molecule has 4 nitrogen and oxygen atoms in total. The summed E-state index contributed by atoms with van der Waals surface area (Å²) in [6.07, 6.45) is 3.95. The summed E-state index contributed by atoms with van der Waals surface area (Å²) in [6, 6.07) is 17.0. The summed E-state index contributed by atoms with van der Waals surface area (Å²) in [6.45, 7) is 6.01. The number of aromatic nitrogens is 1. The van der Waals surface area contributed by atoms with Crippen molar-refractivity contribution in [2.24, 2.45) is 0 Å². The van der Waals surface area contributed by atoms with Crippen molar-refractivity contribution in [3.8, 4) is 0 Å². The molecule has 0 spiro atoms. The highest BCUT2D eigenvalue weighted by atomic mass is 32.2. The molecule has 0 N–H and O–H groups in total. The minimum absolute atomic E-state index is 0.0998. The van der Waals surface area contributed by atoms with Crippen LogP contribution >= 0.6 is 0 Å². The van der Waals surface area contributed by atoms with Crippen molar-refractivity contribution in [2.75, 3.05) is 0 Å². The Labute approximate surface area is 196 Å². The number of hydrogen-bond acceptors (Lipinski definition) is 3. The van der Waals surface area contributed by atoms with Gasteiger partial charge in [-0.3, -0.25) is 4.98 Å². The first kappa shape index (κ1) is 23.6. The smallest absolute Gasteiger partial charge is 0.243 e. The number of aryl methyl sites for hydroxylation is 4. The maximum atomic E-state index is 13.8. The van der Waals surface area contributed by atoms with Crippen LogP contribution in [0.1, 0.15) is 59.8 Å². The average molecular weight is 467 g/mol. The Kier molecular flexibility index (Phi) is 6.96. The number of nitrogens with zero attached hydrogens (tertiary/aromatic N) is 2. The van der Waals surface area contributed by atoms with Gasteiger partial charge in [0.05, 0.1) is 10.9 Å². The molecule has 0 amide bonds. The van der Waals surface area contributed by atoms with Gasteiger partial charge in [-0.2, -0.15) is 4.31 Å². The number of halogens is 1. The molecular weight excluding hydrogens is 435 g/mol. The van der Waals surface area contributed by atoms with Crippen LogP contribution in [0.25, 0.3) is 0 Å². The van der Waals surface area contributed by atoms with Gasteiger partial charge >= 0.3 is 0 Å². The Morgan fingerprint density at radius 3 is 2.30 bits per heavy atom. The van der Waals surface area contributed by atoms with E-state index in [4.69, 9.17) is 0 Å². The van der Waals surface area contributed by atoms with Gasteiger partial charge in [-0.1, -0.05) is 29.8 Å². The van der Waals surface area contributed by atoms with E-state index in [-0.39, 0.29) is 17.9 Å². The monoisotopic (exact) mass is 466 g/mol. The van der Waals surface area contributed by atoms with Crippen LogP contribution in [0.4, 0.5) is 4.39 Å². The maximum Gasteiger partial charge on any atom is 0.243 e. The standard InChI is InChI=1S/C27H31FN2O2S/c1-19-7-14-26(15-8-19)33(31,32)30-25(6-4-5-24-18-20(2)17-21(3)29-24)13-16-27(30)22-9-11-23(28)12-10-22/h7-12,14-15,17-18,25,27H,4-6,13,16H2,1-3H3. The van der Waals surface area contributed by atoms with E-state index in [2.05, 4.69) is 24.0 Å². The quantitative estimate of drug-likeness (QED) is 0.425. The number of hydrogen-bond donors (Lipinski definition) is 0. The molecule has 0 radical (unpaired) electrons. The van der Waals surface area contributed by atoms with Gasteiger partial charge in [0.25, 0.3) is 0 Å². The largest absolute Gasteiger partial charge is 0.258 e. The molecule has 1 fully saturated rings. The van der Waals surface area contributed by atoms with Crippen LogP contribution in [-0.4, -0.2) is 23.7 Å². The minimum atomic E-state index is -3.70. The molecule has 1 aliphatic rings. The zero-order chi connectivity index (χ0) is 23.6. The Morgan fingerprint density at radius 2 is 1.64 bits per heavy atom. The molecule has 174 valence electrons. The summed E-state index contributed by atoms with van der Waals surface area (Å²) in [4.78, 5) is 4.93. The summed E-state index contributed by atoms with van der Waals surface area (Å²) in [5, 5.41) is 0. The molecule has 1 saturated heterocycles. The maximum absolute atomic E-state index is 13.8. The van der Waals surface area contributed by atoms with E-state index >= 15 is 0 Å². The Balaban J connectivity index is 1.59. The molecule has 2 aromatic carbocycles. The molecular formula is C27H31FN2O2S. The van der Waals surface area contributed by atoms with Gasteiger partial charge in [-0.25, -0.2) is 12.8 Å². The van der Waals surface area contributed by atoms with Crippen molar-refractivity contribution in [3.05, 3.63) is 94.6 Å². The second-order valence-electron chi connectivity index (χ2n) is 9.12. The normalized spacial score (nSPS) is 19.2. The van der Waals surface area contributed by atoms with Gasteiger partial charge in [0.15, 0.2) is 0 Å². The molecule has 33 heavy (non-hydrogen) atoms. The lowest BCUT2D eigenvalue weighted by Gasteiger charge is -2.30. The van der Waals surface area contributed by atoms with Crippen molar-refractivity contribution >= 4 is 10.0 Å². The van der Waals surface area contributed by atoms with E-state index in [1.54, 1.807) is 28.6 Å². The highest BCUT2D eigenvalue weighted by molar-refractivity contribution is 7.89. The van der Waals surface area contributed by atoms with Crippen LogP contribution in [-0.2, 0) is 16.4 Å². The molecule has 4 rings (SSSR count). The van der Waals surface area contributed by atoms with Crippen LogP contribution < -0.4 is 0 Å². The van der Waals surface area contributed by atoms with Crippen LogP contribution in [0.3, 0.4) is 0 Å². The number of sulfonamides is 1. The summed E-state index contributed by atoms with van der Waals surface area (Å²) in [5.74, 6) is -0.317. The lowest BCUT2D eigenvalue weighted by atomic mass is 10.0. The van der Waals surface area contributed by atoms with E-state index in [0.717, 1.165) is 54.6 Å². The van der Waals surface area contributed by atoms with Crippen molar-refractivity contribution in [2.45, 2.75) is 69.9 Å². The first-order valence-corrected chi connectivity index (χ1v) is 13.0. The fourth-order valence-corrected chi connectivity index (χ4v) is 6.79. The minimum Gasteiger partial charge on any atom is -0.258 e. The van der Waals surface area contributed by atoms with E-state index in [1.807, 2.05) is 26.0 Å². The van der Waals surface area contributed by atoms with Gasteiger partial charge in [-0.15, -0.1) is 0 Å². The van der Waals surface area contributed by atoms with E-state index < -0.39 is 10.0 Å². The van der Waals surface area contributed by atoms with Gasteiger partial charge < -0.3 is 0 Å². The molecule has 3 aromatic rings. The summed E-state index contributed by atoms with van der Waals surface area (Å²) < 4.78 is 42.7. The van der Waals surface area contributed by atoms with Crippen molar-refractivity contribution in [1.29, 1.82) is 0 Å². The zero-order valence-corrected chi connectivity index (χ0v) is 20.3. The second kappa shape index (κ2) is 9.74. The molecule has 6 heteroatoms. The summed E-state index contributed by atoms with van der Waals surface area (Å²) in [7, 11) is -3.70. The Morgan fingerprint density at radius 1 is 0.939 bits per heavy atom. The molecule has 0 saturated carbocycles. The molecule has 1 aliphatic heterocycles. The van der Waals surface area contributed by atoms with Gasteiger partial charge in [0.2, 0.25) is 10.0 Å². The fraction of sp³-hybridized carbons (Fsp3) is 0.370. The summed E-state index contributed by atoms with van der Waals surface area (Å²) >= 11 is 0. The highest BCUT2D eigenvalue weighted by Crippen LogP contribution is 2.42. The predicted molar refractivity (Wildman–Crippen MR) is 129 cm³/mol. The van der Waals surface area contributed by atoms with Gasteiger partial charge in [0, 0.05) is 17.4 Å². The number of pyridine rings is 1. The predicted octanol–water partition coefficient (Wildman–Crippen LogP) is 6.06. The third-order valence-electron chi connectivity index (χ3n) is 6.41. The number of rotatable bonds is 7. The third-order valence-corrected chi connectivity index (χ3v) is 8.39. The Bertz CT molecular complexity index is 1190. The lowest BCUT2D eigenvalue weighted by molar-refractivity contribution is 0.309. The third kappa shape index (κ3) is 5.33. The molecule has 0 aliphatic carbocycles. The number of benzene rings is 2. The van der Waals surface area contributed by atoms with Crippen LogP contribution in [0.15, 0.2) is 65.6 Å². The zero-order valence-electron chi connectivity index (χ0n) is 19.5. The molecule has 0 bridgehead atoms. The van der Waals surface area contributed by atoms with Crippen LogP contribution in [0, 0.1) is 26.6 Å². The lowest BCUT2D eigenvalue weighted by Crippen LogP contribution is -2.37. The van der Waals surface area contributed by atoms with Gasteiger partial charge in [-0.05, 0) is 100 Å². The first-order valence-electron chi connectivity index (χ1n) is 11.5. The van der Waals surface area contributed by atoms with Gasteiger partial charge in [0.1, 0.15) is 5.82 Å². The second-order valence-corrected chi connectivity index (χ2v) is 11.0. The molecule has 1 aromatic heterocycles. The first-order chi connectivity index (χ1) is 15.7. The van der Waals surface area contributed by atoms with E-state index in [9.17, 15) is 12.8 Å². The molecule has 2 unspecified atom stereocenters. The summed E-state index contributed by atoms with van der Waals surface area (Å²) in [5.41, 5.74) is 5.10. The molecule has 2 atom stereocenters. The van der Waals surface area contributed by atoms with Crippen molar-refractivity contribution in [3.63, 3.8) is 0 Å². The highest BCUT2D eigenvalue weighted by Gasteiger charge is 2.42. The Hall–Kier alpha value is -2.57. The van der Waals surface area contributed by atoms with Crippen molar-refractivity contribution in [1.82, 2.24) is 9.29 Å². The fourth-order valence-electron chi connectivity index (χ4n) is 4.90. The van der Waals surface area contributed by atoms with Crippen LogP contribution in [0.2, 0.25) is 0 Å². The van der Waals surface area contributed by atoms with E-state index in [0.29, 0.717) is 4.90 Å². The molecule has 2 heterocycles. The van der Waals surface area contributed by atoms with Crippen molar-refractivity contribution < 1.29 is 12.8 Å². The SMILES string of the molecule is Cc1ccc(S(=O)(=O)N2C(CCCc3cc(C)cc(C)n3)CCC2c2ccc(F)cc2)cc1.